The second-order valence-electron chi connectivity index (χ2n) is 2.92. The standard InChI is InChI=1S/C5H11NO5S2/c7-12(8,5-13(9,10)11)6-3-1-2-4-6/h1-5H2,(H,9,10,11). The lowest BCUT2D eigenvalue weighted by atomic mass is 10.4. The molecule has 8 heteroatoms. The highest BCUT2D eigenvalue weighted by Crippen LogP contribution is 2.13. The van der Waals surface area contributed by atoms with Crippen LogP contribution in [-0.4, -0.2) is 43.9 Å². The highest BCUT2D eigenvalue weighted by molar-refractivity contribution is 8.04. The van der Waals surface area contributed by atoms with Crippen LogP contribution < -0.4 is 0 Å². The van der Waals surface area contributed by atoms with Gasteiger partial charge in [-0.25, -0.2) is 12.7 Å². The summed E-state index contributed by atoms with van der Waals surface area (Å²) < 4.78 is 52.6. The van der Waals surface area contributed by atoms with Gasteiger partial charge in [-0.3, -0.25) is 4.55 Å². The van der Waals surface area contributed by atoms with E-state index in [1.807, 2.05) is 0 Å². The van der Waals surface area contributed by atoms with Crippen LogP contribution in [0.4, 0.5) is 0 Å². The van der Waals surface area contributed by atoms with Crippen molar-refractivity contribution in [1.29, 1.82) is 0 Å². The molecule has 1 N–H and O–H groups in total. The van der Waals surface area contributed by atoms with Crippen molar-refractivity contribution in [3.05, 3.63) is 0 Å². The summed E-state index contributed by atoms with van der Waals surface area (Å²) in [5.41, 5.74) is 0. The van der Waals surface area contributed by atoms with Crippen LogP contribution >= 0.6 is 0 Å². The summed E-state index contributed by atoms with van der Waals surface area (Å²) in [6.07, 6.45) is 1.48. The quantitative estimate of drug-likeness (QED) is 0.643. The monoisotopic (exact) mass is 229 g/mol. The molecule has 0 spiro atoms. The predicted octanol–water partition coefficient (Wildman–Crippen LogP) is -0.743. The molecule has 0 aliphatic carbocycles. The second kappa shape index (κ2) is 3.52. The van der Waals surface area contributed by atoms with Crippen molar-refractivity contribution in [2.45, 2.75) is 12.8 Å². The van der Waals surface area contributed by atoms with Crippen LogP contribution in [-0.2, 0) is 20.1 Å². The van der Waals surface area contributed by atoms with Gasteiger partial charge in [0.2, 0.25) is 10.0 Å². The highest BCUT2D eigenvalue weighted by Gasteiger charge is 2.29. The van der Waals surface area contributed by atoms with Crippen LogP contribution in [0.3, 0.4) is 0 Å². The Balaban J connectivity index is 2.77. The van der Waals surface area contributed by atoms with Gasteiger partial charge in [0.15, 0.2) is 5.08 Å². The smallest absolute Gasteiger partial charge is 0.280 e. The summed E-state index contributed by atoms with van der Waals surface area (Å²) in [5.74, 6) is 0. The van der Waals surface area contributed by atoms with Crippen molar-refractivity contribution >= 4 is 20.1 Å². The van der Waals surface area contributed by atoms with E-state index in [2.05, 4.69) is 0 Å². The van der Waals surface area contributed by atoms with Gasteiger partial charge in [-0.2, -0.15) is 8.42 Å². The van der Waals surface area contributed by atoms with Crippen molar-refractivity contribution < 1.29 is 21.4 Å². The van der Waals surface area contributed by atoms with Gasteiger partial charge in [-0.1, -0.05) is 0 Å². The Kier molecular flexibility index (Phi) is 2.95. The molecule has 0 saturated carbocycles. The maximum absolute atomic E-state index is 11.2. The minimum Gasteiger partial charge on any atom is -0.285 e. The Hall–Kier alpha value is -0.180. The molecule has 1 rings (SSSR count). The highest BCUT2D eigenvalue weighted by atomic mass is 32.3. The molecule has 1 aliphatic rings. The Morgan fingerprint density at radius 2 is 1.54 bits per heavy atom. The van der Waals surface area contributed by atoms with Gasteiger partial charge in [0.1, 0.15) is 0 Å². The Labute approximate surface area is 77.3 Å². The van der Waals surface area contributed by atoms with E-state index in [9.17, 15) is 16.8 Å². The molecule has 0 amide bonds. The molecule has 13 heavy (non-hydrogen) atoms. The molecule has 0 aromatic carbocycles. The van der Waals surface area contributed by atoms with Gasteiger partial charge in [0, 0.05) is 13.1 Å². The third-order valence-electron chi connectivity index (χ3n) is 1.76. The molecule has 1 aliphatic heterocycles. The Morgan fingerprint density at radius 3 is 1.92 bits per heavy atom. The summed E-state index contributed by atoms with van der Waals surface area (Å²) in [4.78, 5) is 0. The first-order valence-corrected chi connectivity index (χ1v) is 6.96. The number of rotatable bonds is 3. The van der Waals surface area contributed by atoms with E-state index >= 15 is 0 Å². The molecular weight excluding hydrogens is 218 g/mol. The molecule has 78 valence electrons. The van der Waals surface area contributed by atoms with Gasteiger partial charge in [-0.05, 0) is 12.8 Å². The largest absolute Gasteiger partial charge is 0.285 e. The first-order chi connectivity index (χ1) is 5.81. The predicted molar refractivity (Wildman–Crippen MR) is 46.1 cm³/mol. The van der Waals surface area contributed by atoms with Crippen LogP contribution in [0.2, 0.25) is 0 Å². The zero-order valence-corrected chi connectivity index (χ0v) is 8.51. The molecule has 1 saturated heterocycles. The van der Waals surface area contributed by atoms with Crippen LogP contribution in [0.1, 0.15) is 12.8 Å². The van der Waals surface area contributed by atoms with Gasteiger partial charge >= 0.3 is 0 Å². The van der Waals surface area contributed by atoms with Gasteiger partial charge in [0.05, 0.1) is 0 Å². The number of nitrogens with zero attached hydrogens (tertiary/aromatic N) is 1. The van der Waals surface area contributed by atoms with Crippen LogP contribution in [0.5, 0.6) is 0 Å². The molecule has 1 heterocycles. The van der Waals surface area contributed by atoms with Gasteiger partial charge < -0.3 is 0 Å². The number of sulfonamides is 1. The number of hydrogen-bond acceptors (Lipinski definition) is 4. The van der Waals surface area contributed by atoms with Crippen molar-refractivity contribution in [3.63, 3.8) is 0 Å². The fraction of sp³-hybridized carbons (Fsp3) is 1.00. The minimum absolute atomic E-state index is 0.345. The Morgan fingerprint density at radius 1 is 1.08 bits per heavy atom. The third-order valence-corrected chi connectivity index (χ3v) is 5.29. The van der Waals surface area contributed by atoms with E-state index < -0.39 is 25.2 Å². The fourth-order valence-electron chi connectivity index (χ4n) is 1.23. The van der Waals surface area contributed by atoms with Crippen molar-refractivity contribution in [2.75, 3.05) is 18.2 Å². The van der Waals surface area contributed by atoms with Gasteiger partial charge in [0.25, 0.3) is 10.1 Å². The molecule has 0 bridgehead atoms. The zero-order valence-electron chi connectivity index (χ0n) is 6.88. The van der Waals surface area contributed by atoms with Crippen LogP contribution in [0.15, 0.2) is 0 Å². The number of hydrogen-bond donors (Lipinski definition) is 1. The summed E-state index contributed by atoms with van der Waals surface area (Å²) in [6, 6.07) is 0. The second-order valence-corrected chi connectivity index (χ2v) is 6.70. The molecule has 0 radical (unpaired) electrons. The molecule has 0 aromatic rings. The molecule has 1 fully saturated rings. The molecule has 0 unspecified atom stereocenters. The lowest BCUT2D eigenvalue weighted by Gasteiger charge is -2.13. The summed E-state index contributed by atoms with van der Waals surface area (Å²) in [5, 5.41) is -1.21. The minimum atomic E-state index is -4.45. The van der Waals surface area contributed by atoms with E-state index in [0.29, 0.717) is 13.1 Å². The van der Waals surface area contributed by atoms with E-state index in [1.165, 1.54) is 0 Å². The van der Waals surface area contributed by atoms with Crippen LogP contribution in [0, 0.1) is 0 Å². The summed E-state index contributed by atoms with van der Waals surface area (Å²) in [7, 11) is -8.27. The average Bonchev–Trinajstić information content (AvgIpc) is 2.29. The normalized spacial score (nSPS) is 20.7. The SMILES string of the molecule is O=S(=O)(O)CS(=O)(=O)N1CCCC1. The van der Waals surface area contributed by atoms with E-state index in [0.717, 1.165) is 17.1 Å². The van der Waals surface area contributed by atoms with Gasteiger partial charge in [-0.15, -0.1) is 0 Å². The van der Waals surface area contributed by atoms with E-state index in [-0.39, 0.29) is 0 Å². The van der Waals surface area contributed by atoms with E-state index in [4.69, 9.17) is 4.55 Å². The lowest BCUT2D eigenvalue weighted by molar-refractivity contribution is 0.469. The lowest BCUT2D eigenvalue weighted by Crippen LogP contribution is -2.32. The third kappa shape index (κ3) is 3.22. The first kappa shape index (κ1) is 10.9. The van der Waals surface area contributed by atoms with Crippen molar-refractivity contribution in [2.24, 2.45) is 0 Å². The van der Waals surface area contributed by atoms with Crippen molar-refractivity contribution in [3.8, 4) is 0 Å². The topological polar surface area (TPSA) is 91.7 Å². The zero-order chi connectivity index (χ0) is 10.1. The Bertz CT molecular complexity index is 364. The molecule has 0 atom stereocenters. The molecule has 6 nitrogen and oxygen atoms in total. The molecule has 0 aromatic heterocycles. The maximum Gasteiger partial charge on any atom is 0.280 e. The van der Waals surface area contributed by atoms with Crippen molar-refractivity contribution in [1.82, 2.24) is 4.31 Å². The summed E-state index contributed by atoms with van der Waals surface area (Å²) >= 11 is 0. The summed E-state index contributed by atoms with van der Waals surface area (Å²) in [6.45, 7) is 0.690. The van der Waals surface area contributed by atoms with Crippen LogP contribution in [0.25, 0.3) is 0 Å². The molecular formula is C5H11NO5S2. The van der Waals surface area contributed by atoms with E-state index in [1.54, 1.807) is 0 Å². The first-order valence-electron chi connectivity index (χ1n) is 3.74. The average molecular weight is 229 g/mol. The fourth-order valence-corrected chi connectivity index (χ4v) is 4.15. The maximum atomic E-state index is 11.2.